The Hall–Kier alpha value is -3.02. The zero-order chi connectivity index (χ0) is 18.4. The number of amides is 2. The summed E-state index contributed by atoms with van der Waals surface area (Å²) < 4.78 is 10.7. The summed E-state index contributed by atoms with van der Waals surface area (Å²) in [5, 5.41) is 5.50. The highest BCUT2D eigenvalue weighted by molar-refractivity contribution is 5.94. The number of ether oxygens (including phenoxy) is 2. The van der Waals surface area contributed by atoms with E-state index in [0.29, 0.717) is 22.9 Å². The molecule has 0 fully saturated rings. The molecule has 25 heavy (non-hydrogen) atoms. The molecule has 0 aliphatic heterocycles. The van der Waals surface area contributed by atoms with Crippen LogP contribution >= 0.6 is 0 Å². The predicted octanol–water partition coefficient (Wildman–Crippen LogP) is 3.15. The fourth-order valence-electron chi connectivity index (χ4n) is 2.51. The van der Waals surface area contributed by atoms with Gasteiger partial charge in [-0.2, -0.15) is 0 Å². The number of anilines is 2. The fourth-order valence-corrected chi connectivity index (χ4v) is 2.51. The van der Waals surface area contributed by atoms with Crippen LogP contribution < -0.4 is 20.1 Å². The minimum absolute atomic E-state index is 0.143. The van der Waals surface area contributed by atoms with Gasteiger partial charge in [-0.25, -0.2) is 0 Å². The predicted molar refractivity (Wildman–Crippen MR) is 97.4 cm³/mol. The molecule has 6 nitrogen and oxygen atoms in total. The smallest absolute Gasteiger partial charge is 0.228 e. The average Bonchev–Trinajstić information content (AvgIpc) is 2.55. The van der Waals surface area contributed by atoms with E-state index in [-0.39, 0.29) is 18.2 Å². The van der Waals surface area contributed by atoms with Crippen molar-refractivity contribution in [1.82, 2.24) is 0 Å². The van der Waals surface area contributed by atoms with Crippen molar-refractivity contribution < 1.29 is 19.1 Å². The Morgan fingerprint density at radius 2 is 1.60 bits per heavy atom. The zero-order valence-corrected chi connectivity index (χ0v) is 14.8. The molecule has 0 aromatic heterocycles. The number of carbonyl (C=O) groups excluding carboxylic acids is 2. The molecule has 0 aliphatic carbocycles. The lowest BCUT2D eigenvalue weighted by Crippen LogP contribution is -2.15. The van der Waals surface area contributed by atoms with Crippen molar-refractivity contribution in [2.45, 2.75) is 20.3 Å². The third-order valence-corrected chi connectivity index (χ3v) is 3.62. The fraction of sp³-hybridized carbons (Fsp3) is 0.263. The van der Waals surface area contributed by atoms with Crippen LogP contribution in [-0.2, 0) is 16.0 Å². The van der Waals surface area contributed by atoms with Gasteiger partial charge < -0.3 is 20.1 Å². The van der Waals surface area contributed by atoms with Gasteiger partial charge in [-0.3, -0.25) is 9.59 Å². The van der Waals surface area contributed by atoms with Crippen molar-refractivity contribution in [3.05, 3.63) is 47.5 Å². The molecule has 2 amide bonds. The lowest BCUT2D eigenvalue weighted by Gasteiger charge is -2.13. The standard InChI is InChI=1S/C19H22N2O4/c1-12-8-18(25-4)14(9-17(12)24-3)10-19(23)21-16-7-5-6-15(11-16)20-13(2)22/h5-9,11H,10H2,1-4H3,(H,20,22)(H,21,23). The van der Waals surface area contributed by atoms with Crippen molar-refractivity contribution >= 4 is 23.2 Å². The summed E-state index contributed by atoms with van der Waals surface area (Å²) in [6.45, 7) is 3.35. The molecular weight excluding hydrogens is 320 g/mol. The number of nitrogens with one attached hydrogen (secondary N) is 2. The van der Waals surface area contributed by atoms with Crippen LogP contribution in [0, 0.1) is 6.92 Å². The highest BCUT2D eigenvalue weighted by atomic mass is 16.5. The van der Waals surface area contributed by atoms with Crippen LogP contribution in [-0.4, -0.2) is 26.0 Å². The molecule has 0 unspecified atom stereocenters. The summed E-state index contributed by atoms with van der Waals surface area (Å²) in [6, 6.07) is 10.6. The quantitative estimate of drug-likeness (QED) is 0.845. The minimum Gasteiger partial charge on any atom is -0.496 e. The Bertz CT molecular complexity index is 787. The molecule has 0 heterocycles. The SMILES string of the molecule is COc1cc(CC(=O)Nc2cccc(NC(C)=O)c2)c(OC)cc1C. The van der Waals surface area contributed by atoms with Crippen LogP contribution in [0.15, 0.2) is 36.4 Å². The van der Waals surface area contributed by atoms with Gasteiger partial charge in [0.25, 0.3) is 0 Å². The Labute approximate surface area is 147 Å². The zero-order valence-electron chi connectivity index (χ0n) is 14.8. The summed E-state index contributed by atoms with van der Waals surface area (Å²) in [5.41, 5.74) is 2.90. The Morgan fingerprint density at radius 1 is 0.960 bits per heavy atom. The first-order valence-corrected chi connectivity index (χ1v) is 7.82. The minimum atomic E-state index is -0.191. The van der Waals surface area contributed by atoms with E-state index in [9.17, 15) is 9.59 Å². The second kappa shape index (κ2) is 8.19. The molecule has 2 N–H and O–H groups in total. The van der Waals surface area contributed by atoms with E-state index in [1.807, 2.05) is 19.1 Å². The average molecular weight is 342 g/mol. The highest BCUT2D eigenvalue weighted by Gasteiger charge is 2.13. The Balaban J connectivity index is 2.14. The van der Waals surface area contributed by atoms with Crippen molar-refractivity contribution in [2.75, 3.05) is 24.9 Å². The van der Waals surface area contributed by atoms with Gasteiger partial charge in [0.1, 0.15) is 11.5 Å². The van der Waals surface area contributed by atoms with E-state index in [4.69, 9.17) is 9.47 Å². The molecule has 0 radical (unpaired) electrons. The van der Waals surface area contributed by atoms with Crippen molar-refractivity contribution in [2.24, 2.45) is 0 Å². The molecule has 2 rings (SSSR count). The van der Waals surface area contributed by atoms with Crippen molar-refractivity contribution in [3.8, 4) is 11.5 Å². The van der Waals surface area contributed by atoms with Crippen molar-refractivity contribution in [3.63, 3.8) is 0 Å². The Morgan fingerprint density at radius 3 is 2.20 bits per heavy atom. The Kier molecular flexibility index (Phi) is 6.00. The number of carbonyl (C=O) groups is 2. The summed E-state index contributed by atoms with van der Waals surface area (Å²) in [5.74, 6) is 0.987. The molecule has 0 atom stereocenters. The largest absolute Gasteiger partial charge is 0.496 e. The highest BCUT2D eigenvalue weighted by Crippen LogP contribution is 2.29. The van der Waals surface area contributed by atoms with Crippen LogP contribution in [0.5, 0.6) is 11.5 Å². The van der Waals surface area contributed by atoms with Gasteiger partial charge >= 0.3 is 0 Å². The van der Waals surface area contributed by atoms with Gasteiger partial charge in [0.05, 0.1) is 20.6 Å². The molecule has 0 saturated carbocycles. The van der Waals surface area contributed by atoms with Crippen LogP contribution in [0.25, 0.3) is 0 Å². The van der Waals surface area contributed by atoms with E-state index >= 15 is 0 Å². The maximum Gasteiger partial charge on any atom is 0.228 e. The summed E-state index contributed by atoms with van der Waals surface area (Å²) in [7, 11) is 3.16. The number of aryl methyl sites for hydroxylation is 1. The molecule has 0 bridgehead atoms. The first kappa shape index (κ1) is 18.3. The monoisotopic (exact) mass is 342 g/mol. The third kappa shape index (κ3) is 4.97. The van der Waals surface area contributed by atoms with E-state index in [2.05, 4.69) is 10.6 Å². The van der Waals surface area contributed by atoms with Crippen LogP contribution in [0.3, 0.4) is 0 Å². The first-order chi connectivity index (χ1) is 11.9. The number of rotatable bonds is 6. The lowest BCUT2D eigenvalue weighted by molar-refractivity contribution is -0.116. The van der Waals surface area contributed by atoms with Crippen molar-refractivity contribution in [1.29, 1.82) is 0 Å². The van der Waals surface area contributed by atoms with Crippen LogP contribution in [0.4, 0.5) is 11.4 Å². The molecular formula is C19H22N2O4. The summed E-state index contributed by atoms with van der Waals surface area (Å²) in [4.78, 5) is 23.5. The van der Waals surface area contributed by atoms with E-state index in [1.54, 1.807) is 38.5 Å². The van der Waals surface area contributed by atoms with Crippen LogP contribution in [0.2, 0.25) is 0 Å². The van der Waals surface area contributed by atoms with Gasteiger partial charge in [-0.15, -0.1) is 0 Å². The van der Waals surface area contributed by atoms with Crippen LogP contribution in [0.1, 0.15) is 18.1 Å². The second-order valence-electron chi connectivity index (χ2n) is 5.62. The molecule has 0 saturated heterocycles. The van der Waals surface area contributed by atoms with Gasteiger partial charge in [0.15, 0.2) is 0 Å². The number of hydrogen-bond acceptors (Lipinski definition) is 4. The number of methoxy groups -OCH3 is 2. The summed E-state index contributed by atoms with van der Waals surface area (Å²) >= 11 is 0. The van der Waals surface area contributed by atoms with E-state index < -0.39 is 0 Å². The molecule has 2 aromatic rings. The van der Waals surface area contributed by atoms with E-state index in [0.717, 1.165) is 11.1 Å². The van der Waals surface area contributed by atoms with E-state index in [1.165, 1.54) is 6.92 Å². The third-order valence-electron chi connectivity index (χ3n) is 3.62. The van der Waals surface area contributed by atoms with Gasteiger partial charge in [-0.1, -0.05) is 6.07 Å². The van der Waals surface area contributed by atoms with Gasteiger partial charge in [0.2, 0.25) is 11.8 Å². The van der Waals surface area contributed by atoms with Gasteiger partial charge in [0, 0.05) is 23.9 Å². The lowest BCUT2D eigenvalue weighted by atomic mass is 10.1. The maximum absolute atomic E-state index is 12.4. The second-order valence-corrected chi connectivity index (χ2v) is 5.62. The van der Waals surface area contributed by atoms with Gasteiger partial charge in [-0.05, 0) is 42.8 Å². The number of hydrogen-bond donors (Lipinski definition) is 2. The molecule has 132 valence electrons. The topological polar surface area (TPSA) is 76.7 Å². The molecule has 0 spiro atoms. The summed E-state index contributed by atoms with van der Waals surface area (Å²) in [6.07, 6.45) is 0.143. The molecule has 2 aromatic carbocycles. The molecule has 0 aliphatic rings. The molecule has 6 heteroatoms. The maximum atomic E-state index is 12.4. The number of benzene rings is 2. The normalized spacial score (nSPS) is 10.1. The first-order valence-electron chi connectivity index (χ1n) is 7.82.